The molecule has 0 aliphatic rings. The lowest BCUT2D eigenvalue weighted by atomic mass is 10.0. The van der Waals surface area contributed by atoms with Crippen LogP contribution in [-0.4, -0.2) is 4.57 Å². The second kappa shape index (κ2) is 8.54. The average Bonchev–Trinajstić information content (AvgIpc) is 3.07. The van der Waals surface area contributed by atoms with Crippen LogP contribution in [-0.2, 0) is 6.42 Å². The molecule has 0 bridgehead atoms. The van der Waals surface area contributed by atoms with Gasteiger partial charge in [0, 0.05) is 11.9 Å². The smallest absolute Gasteiger partial charge is 0.0560 e. The van der Waals surface area contributed by atoms with Crippen molar-refractivity contribution < 1.29 is 0 Å². The maximum absolute atomic E-state index is 2.33. The normalized spacial score (nSPS) is 10.9. The number of hydrogen-bond donors (Lipinski definition) is 0. The third kappa shape index (κ3) is 3.97. The van der Waals surface area contributed by atoms with Crippen molar-refractivity contribution >= 4 is 0 Å². The molecule has 24 heavy (non-hydrogen) atoms. The van der Waals surface area contributed by atoms with E-state index in [1.54, 1.807) is 0 Å². The van der Waals surface area contributed by atoms with Crippen LogP contribution in [0.4, 0.5) is 0 Å². The van der Waals surface area contributed by atoms with Crippen molar-refractivity contribution in [3.05, 3.63) is 78.5 Å². The molecule has 0 spiro atoms. The summed E-state index contributed by atoms with van der Waals surface area (Å²) in [7, 11) is 0. The van der Waals surface area contributed by atoms with Gasteiger partial charge in [0.1, 0.15) is 0 Å². The Bertz CT molecular complexity index is 725. The van der Waals surface area contributed by atoms with Gasteiger partial charge in [0.2, 0.25) is 0 Å². The summed E-state index contributed by atoms with van der Waals surface area (Å²) in [6, 6.07) is 23.7. The molecule has 0 aliphatic heterocycles. The number of nitrogens with zero attached hydrogens (tertiary/aromatic N) is 1. The van der Waals surface area contributed by atoms with Crippen molar-refractivity contribution in [2.24, 2.45) is 0 Å². The summed E-state index contributed by atoms with van der Waals surface area (Å²) in [6.07, 6.45) is 10.0. The Balaban J connectivity index is 1.88. The topological polar surface area (TPSA) is 4.93 Å². The molecular formula is C23H27N. The molecular weight excluding hydrogens is 290 g/mol. The minimum absolute atomic E-state index is 1.16. The van der Waals surface area contributed by atoms with Crippen molar-refractivity contribution in [2.75, 3.05) is 0 Å². The van der Waals surface area contributed by atoms with E-state index in [0.29, 0.717) is 0 Å². The fourth-order valence-corrected chi connectivity index (χ4v) is 3.32. The van der Waals surface area contributed by atoms with Crippen LogP contribution in [0.3, 0.4) is 0 Å². The highest BCUT2D eigenvalue weighted by atomic mass is 15.0. The van der Waals surface area contributed by atoms with Crippen LogP contribution in [0.15, 0.2) is 72.9 Å². The van der Waals surface area contributed by atoms with E-state index in [1.165, 1.54) is 54.6 Å². The maximum atomic E-state index is 2.33. The zero-order chi connectivity index (χ0) is 16.6. The van der Waals surface area contributed by atoms with Crippen LogP contribution in [0.2, 0.25) is 0 Å². The first-order chi connectivity index (χ1) is 11.9. The highest BCUT2D eigenvalue weighted by molar-refractivity contribution is 5.67. The first-order valence-corrected chi connectivity index (χ1v) is 9.21. The van der Waals surface area contributed by atoms with E-state index < -0.39 is 0 Å². The van der Waals surface area contributed by atoms with Crippen LogP contribution >= 0.6 is 0 Å². The average molecular weight is 317 g/mol. The molecule has 1 heterocycles. The molecule has 0 radical (unpaired) electrons. The lowest BCUT2D eigenvalue weighted by molar-refractivity contribution is 0.632. The molecule has 0 amide bonds. The van der Waals surface area contributed by atoms with Gasteiger partial charge in [-0.05, 0) is 42.2 Å². The SMILES string of the molecule is CCCCCCCc1ccn(-c2ccccc2)c1-c1ccccc1. The number of aryl methyl sites for hydroxylation is 1. The summed E-state index contributed by atoms with van der Waals surface area (Å²) >= 11 is 0. The minimum Gasteiger partial charge on any atom is -0.316 e. The van der Waals surface area contributed by atoms with Gasteiger partial charge in [-0.2, -0.15) is 0 Å². The Morgan fingerprint density at radius 3 is 2.08 bits per heavy atom. The first-order valence-electron chi connectivity index (χ1n) is 9.21. The standard InChI is InChI=1S/C23H27N/c1-2-3-4-5-8-15-21-18-19-24(22-16-11-7-12-17-22)23(21)20-13-9-6-10-14-20/h6-7,9-14,16-19H,2-5,8,15H2,1H3. The van der Waals surface area contributed by atoms with E-state index in [-0.39, 0.29) is 0 Å². The van der Waals surface area contributed by atoms with Gasteiger partial charge in [-0.25, -0.2) is 0 Å². The van der Waals surface area contributed by atoms with Gasteiger partial charge in [-0.1, -0.05) is 81.1 Å². The van der Waals surface area contributed by atoms with Gasteiger partial charge in [0.25, 0.3) is 0 Å². The minimum atomic E-state index is 1.16. The van der Waals surface area contributed by atoms with Crippen LogP contribution in [0.25, 0.3) is 16.9 Å². The molecule has 3 aromatic rings. The molecule has 0 unspecified atom stereocenters. The monoisotopic (exact) mass is 317 g/mol. The molecule has 124 valence electrons. The quantitative estimate of drug-likeness (QED) is 0.409. The van der Waals surface area contributed by atoms with E-state index in [1.807, 2.05) is 0 Å². The van der Waals surface area contributed by atoms with E-state index in [4.69, 9.17) is 0 Å². The molecule has 0 N–H and O–H groups in total. The second-order valence-electron chi connectivity index (χ2n) is 6.43. The van der Waals surface area contributed by atoms with Crippen LogP contribution in [0.5, 0.6) is 0 Å². The number of unbranched alkanes of at least 4 members (excludes halogenated alkanes) is 4. The summed E-state index contributed by atoms with van der Waals surface area (Å²) in [5.41, 5.74) is 5.34. The molecule has 1 heteroatoms. The number of para-hydroxylation sites is 1. The Kier molecular flexibility index (Phi) is 5.90. The predicted octanol–water partition coefficient (Wildman–Crippen LogP) is 6.66. The van der Waals surface area contributed by atoms with Crippen molar-refractivity contribution in [1.29, 1.82) is 0 Å². The van der Waals surface area contributed by atoms with Gasteiger partial charge < -0.3 is 4.57 Å². The molecule has 1 aromatic heterocycles. The van der Waals surface area contributed by atoms with Gasteiger partial charge in [0.05, 0.1) is 5.69 Å². The zero-order valence-corrected chi connectivity index (χ0v) is 14.6. The number of hydrogen-bond acceptors (Lipinski definition) is 0. The number of rotatable bonds is 8. The lowest BCUT2D eigenvalue weighted by Gasteiger charge is -2.12. The third-order valence-corrected chi connectivity index (χ3v) is 4.60. The highest BCUT2D eigenvalue weighted by Crippen LogP contribution is 2.29. The number of aromatic nitrogens is 1. The first kappa shape index (κ1) is 16.6. The molecule has 0 saturated heterocycles. The summed E-state index contributed by atoms with van der Waals surface area (Å²) in [5, 5.41) is 0. The van der Waals surface area contributed by atoms with E-state index in [2.05, 4.69) is 84.4 Å². The summed E-state index contributed by atoms with van der Waals surface area (Å²) < 4.78 is 2.33. The zero-order valence-electron chi connectivity index (χ0n) is 14.6. The molecule has 3 rings (SSSR count). The molecule has 0 saturated carbocycles. The Hall–Kier alpha value is -2.28. The predicted molar refractivity (Wildman–Crippen MR) is 104 cm³/mol. The van der Waals surface area contributed by atoms with Gasteiger partial charge in [-0.3, -0.25) is 0 Å². The third-order valence-electron chi connectivity index (χ3n) is 4.60. The van der Waals surface area contributed by atoms with Gasteiger partial charge >= 0.3 is 0 Å². The molecule has 2 aromatic carbocycles. The Labute approximate surface area is 146 Å². The van der Waals surface area contributed by atoms with E-state index >= 15 is 0 Å². The van der Waals surface area contributed by atoms with Crippen molar-refractivity contribution in [3.63, 3.8) is 0 Å². The van der Waals surface area contributed by atoms with E-state index in [9.17, 15) is 0 Å². The second-order valence-corrected chi connectivity index (χ2v) is 6.43. The van der Waals surface area contributed by atoms with Crippen LogP contribution in [0.1, 0.15) is 44.6 Å². The van der Waals surface area contributed by atoms with Gasteiger partial charge in [-0.15, -0.1) is 0 Å². The molecule has 0 aliphatic carbocycles. The summed E-state index contributed by atoms with van der Waals surface area (Å²) in [4.78, 5) is 0. The van der Waals surface area contributed by atoms with Gasteiger partial charge in [0.15, 0.2) is 0 Å². The molecule has 1 nitrogen and oxygen atoms in total. The fraction of sp³-hybridized carbons (Fsp3) is 0.304. The summed E-state index contributed by atoms with van der Waals surface area (Å²) in [6.45, 7) is 2.27. The highest BCUT2D eigenvalue weighted by Gasteiger charge is 2.12. The lowest BCUT2D eigenvalue weighted by Crippen LogP contribution is -1.97. The molecule has 0 atom stereocenters. The van der Waals surface area contributed by atoms with E-state index in [0.717, 1.165) is 6.42 Å². The van der Waals surface area contributed by atoms with Crippen molar-refractivity contribution in [1.82, 2.24) is 4.57 Å². The van der Waals surface area contributed by atoms with Crippen molar-refractivity contribution in [3.8, 4) is 16.9 Å². The maximum Gasteiger partial charge on any atom is 0.0560 e. The molecule has 0 fully saturated rings. The fourth-order valence-electron chi connectivity index (χ4n) is 3.32. The Morgan fingerprint density at radius 1 is 0.708 bits per heavy atom. The van der Waals surface area contributed by atoms with Crippen molar-refractivity contribution in [2.45, 2.75) is 45.4 Å². The Morgan fingerprint density at radius 2 is 1.38 bits per heavy atom. The van der Waals surface area contributed by atoms with Crippen LogP contribution in [0, 0.1) is 0 Å². The van der Waals surface area contributed by atoms with Crippen LogP contribution < -0.4 is 0 Å². The number of benzene rings is 2. The summed E-state index contributed by atoms with van der Waals surface area (Å²) in [5.74, 6) is 0. The largest absolute Gasteiger partial charge is 0.316 e.